The van der Waals surface area contributed by atoms with E-state index in [0.717, 1.165) is 17.1 Å². The number of hydrogen-bond donors (Lipinski definition) is 2. The quantitative estimate of drug-likeness (QED) is 0.699. The van der Waals surface area contributed by atoms with Crippen LogP contribution in [0, 0.1) is 0 Å². The van der Waals surface area contributed by atoms with E-state index in [0.29, 0.717) is 32.6 Å². The van der Waals surface area contributed by atoms with E-state index >= 15 is 0 Å². The monoisotopic (exact) mass is 375 g/mol. The number of carbonyl (C=O) groups excluding carboxylic acids is 3. The van der Waals surface area contributed by atoms with Gasteiger partial charge in [0, 0.05) is 19.5 Å². The zero-order valence-corrected chi connectivity index (χ0v) is 15.7. The Morgan fingerprint density at radius 1 is 1.22 bits per heavy atom. The average Bonchev–Trinajstić information content (AvgIpc) is 2.83. The lowest BCUT2D eigenvalue weighted by Gasteiger charge is -2.19. The van der Waals surface area contributed by atoms with Crippen molar-refractivity contribution in [1.29, 1.82) is 0 Å². The summed E-state index contributed by atoms with van der Waals surface area (Å²) >= 11 is 0. The molecule has 2 N–H and O–H groups in total. The predicted octanol–water partition coefficient (Wildman–Crippen LogP) is 1.23. The largest absolute Gasteiger partial charge is 0.486 e. The maximum atomic E-state index is 12.1. The third-order valence-corrected chi connectivity index (χ3v) is 4.57. The summed E-state index contributed by atoms with van der Waals surface area (Å²) in [5.41, 5.74) is 0.185. The Morgan fingerprint density at radius 2 is 1.96 bits per heavy atom. The molecule has 0 radical (unpaired) electrons. The zero-order valence-electron chi connectivity index (χ0n) is 15.7. The first-order valence-electron chi connectivity index (χ1n) is 9.16. The summed E-state index contributed by atoms with van der Waals surface area (Å²) in [5, 5.41) is 5.48. The van der Waals surface area contributed by atoms with E-state index in [9.17, 15) is 14.4 Å². The SMILES string of the molecule is CC1(C)NC(=O)N(CCCC(=O)NCCc2ccc3c(c2)OCCO3)C1=O. The van der Waals surface area contributed by atoms with Gasteiger partial charge in [-0.15, -0.1) is 0 Å². The van der Waals surface area contributed by atoms with Gasteiger partial charge < -0.3 is 20.1 Å². The number of rotatable bonds is 7. The van der Waals surface area contributed by atoms with Gasteiger partial charge >= 0.3 is 6.03 Å². The molecule has 27 heavy (non-hydrogen) atoms. The number of nitrogens with one attached hydrogen (secondary N) is 2. The van der Waals surface area contributed by atoms with Gasteiger partial charge in [0.15, 0.2) is 11.5 Å². The summed E-state index contributed by atoms with van der Waals surface area (Å²) in [6.07, 6.45) is 1.38. The van der Waals surface area contributed by atoms with Crippen LogP contribution in [0.4, 0.5) is 4.79 Å². The molecule has 8 heteroatoms. The molecular formula is C19H25N3O5. The van der Waals surface area contributed by atoms with E-state index < -0.39 is 11.6 Å². The van der Waals surface area contributed by atoms with Crippen LogP contribution in [0.1, 0.15) is 32.3 Å². The van der Waals surface area contributed by atoms with Crippen LogP contribution in [-0.4, -0.2) is 54.6 Å². The number of benzene rings is 1. The molecule has 0 unspecified atom stereocenters. The number of urea groups is 1. The standard InChI is InChI=1S/C19H25N3O5/c1-19(2)17(24)22(18(25)21-19)9-3-4-16(23)20-8-7-13-5-6-14-15(12-13)27-11-10-26-14/h5-6,12H,3-4,7-11H2,1-2H3,(H,20,23)(H,21,25). The lowest BCUT2D eigenvalue weighted by molar-refractivity contribution is -0.130. The van der Waals surface area contributed by atoms with Crippen LogP contribution < -0.4 is 20.1 Å². The molecule has 0 spiro atoms. The smallest absolute Gasteiger partial charge is 0.325 e. The van der Waals surface area contributed by atoms with Crippen LogP contribution in [0.15, 0.2) is 18.2 Å². The van der Waals surface area contributed by atoms with E-state index in [2.05, 4.69) is 10.6 Å². The summed E-state index contributed by atoms with van der Waals surface area (Å²) in [5.74, 6) is 1.13. The van der Waals surface area contributed by atoms with Gasteiger partial charge in [0.2, 0.25) is 5.91 Å². The fourth-order valence-corrected chi connectivity index (χ4v) is 3.10. The number of amides is 4. The molecule has 1 aromatic rings. The Balaban J connectivity index is 1.37. The van der Waals surface area contributed by atoms with Crippen molar-refractivity contribution >= 4 is 17.8 Å². The van der Waals surface area contributed by atoms with Crippen molar-refractivity contribution in [2.75, 3.05) is 26.3 Å². The van der Waals surface area contributed by atoms with Crippen LogP contribution in [-0.2, 0) is 16.0 Å². The molecule has 2 heterocycles. The number of ether oxygens (including phenoxy) is 2. The van der Waals surface area contributed by atoms with Crippen LogP contribution >= 0.6 is 0 Å². The van der Waals surface area contributed by atoms with Crippen LogP contribution in [0.25, 0.3) is 0 Å². The lowest BCUT2D eigenvalue weighted by atomic mass is 10.1. The van der Waals surface area contributed by atoms with Crippen molar-refractivity contribution in [3.8, 4) is 11.5 Å². The van der Waals surface area contributed by atoms with E-state index in [4.69, 9.17) is 9.47 Å². The van der Waals surface area contributed by atoms with Crippen LogP contribution in [0.3, 0.4) is 0 Å². The molecule has 1 aromatic carbocycles. The summed E-state index contributed by atoms with van der Waals surface area (Å²) in [4.78, 5) is 37.0. The zero-order chi connectivity index (χ0) is 19.4. The molecule has 3 rings (SSSR count). The average molecular weight is 375 g/mol. The Hall–Kier alpha value is -2.77. The minimum absolute atomic E-state index is 0.0983. The Bertz CT molecular complexity index is 747. The predicted molar refractivity (Wildman–Crippen MR) is 97.7 cm³/mol. The van der Waals surface area contributed by atoms with Gasteiger partial charge in [-0.3, -0.25) is 14.5 Å². The van der Waals surface area contributed by atoms with Crippen molar-refractivity contribution < 1.29 is 23.9 Å². The van der Waals surface area contributed by atoms with Crippen LogP contribution in [0.2, 0.25) is 0 Å². The fraction of sp³-hybridized carbons (Fsp3) is 0.526. The van der Waals surface area contributed by atoms with Crippen molar-refractivity contribution in [3.05, 3.63) is 23.8 Å². The molecule has 0 aliphatic carbocycles. The topological polar surface area (TPSA) is 97.0 Å². The molecule has 1 saturated heterocycles. The molecule has 0 aromatic heterocycles. The molecule has 2 aliphatic rings. The minimum Gasteiger partial charge on any atom is -0.486 e. The highest BCUT2D eigenvalue weighted by Crippen LogP contribution is 2.30. The molecule has 1 fully saturated rings. The molecule has 8 nitrogen and oxygen atoms in total. The molecule has 0 saturated carbocycles. The van der Waals surface area contributed by atoms with Gasteiger partial charge in [-0.05, 0) is 44.4 Å². The first-order valence-corrected chi connectivity index (χ1v) is 9.16. The molecule has 4 amide bonds. The minimum atomic E-state index is -0.872. The Labute approximate surface area is 158 Å². The number of fused-ring (bicyclic) bond motifs is 1. The fourth-order valence-electron chi connectivity index (χ4n) is 3.10. The maximum Gasteiger partial charge on any atom is 0.325 e. The summed E-state index contributed by atoms with van der Waals surface area (Å²) in [7, 11) is 0. The lowest BCUT2D eigenvalue weighted by Crippen LogP contribution is -2.40. The molecule has 146 valence electrons. The second-order valence-corrected chi connectivity index (χ2v) is 7.19. The molecule has 0 atom stereocenters. The van der Waals surface area contributed by atoms with E-state index in [-0.39, 0.29) is 24.8 Å². The van der Waals surface area contributed by atoms with Crippen molar-refractivity contribution in [2.24, 2.45) is 0 Å². The van der Waals surface area contributed by atoms with E-state index in [1.807, 2.05) is 18.2 Å². The summed E-state index contributed by atoms with van der Waals surface area (Å²) < 4.78 is 11.0. The van der Waals surface area contributed by atoms with Gasteiger partial charge in [-0.25, -0.2) is 4.79 Å². The summed E-state index contributed by atoms with van der Waals surface area (Å²) in [6, 6.07) is 5.37. The number of imide groups is 1. The number of carbonyl (C=O) groups is 3. The number of hydrogen-bond acceptors (Lipinski definition) is 5. The highest BCUT2D eigenvalue weighted by atomic mass is 16.6. The van der Waals surface area contributed by atoms with Gasteiger partial charge in [0.05, 0.1) is 0 Å². The molecular weight excluding hydrogens is 350 g/mol. The second-order valence-electron chi connectivity index (χ2n) is 7.19. The summed E-state index contributed by atoms with van der Waals surface area (Å²) in [6.45, 7) is 5.18. The number of nitrogens with zero attached hydrogens (tertiary/aromatic N) is 1. The van der Waals surface area contributed by atoms with E-state index in [1.54, 1.807) is 13.8 Å². The van der Waals surface area contributed by atoms with Crippen molar-refractivity contribution in [1.82, 2.24) is 15.5 Å². The van der Waals surface area contributed by atoms with Crippen LogP contribution in [0.5, 0.6) is 11.5 Å². The third kappa shape index (κ3) is 4.50. The van der Waals surface area contributed by atoms with Gasteiger partial charge in [-0.1, -0.05) is 6.07 Å². The highest BCUT2D eigenvalue weighted by molar-refractivity contribution is 6.06. The second kappa shape index (κ2) is 7.85. The van der Waals surface area contributed by atoms with Gasteiger partial charge in [0.1, 0.15) is 18.8 Å². The van der Waals surface area contributed by atoms with E-state index in [1.165, 1.54) is 4.90 Å². The first-order chi connectivity index (χ1) is 12.9. The molecule has 0 bridgehead atoms. The van der Waals surface area contributed by atoms with Crippen molar-refractivity contribution in [3.63, 3.8) is 0 Å². The molecule has 2 aliphatic heterocycles. The van der Waals surface area contributed by atoms with Gasteiger partial charge in [-0.2, -0.15) is 0 Å². The van der Waals surface area contributed by atoms with Gasteiger partial charge in [0.25, 0.3) is 5.91 Å². The normalized spacial score (nSPS) is 17.6. The Morgan fingerprint density at radius 3 is 2.67 bits per heavy atom. The Kier molecular flexibility index (Phi) is 5.53. The third-order valence-electron chi connectivity index (χ3n) is 4.57. The van der Waals surface area contributed by atoms with Crippen molar-refractivity contribution in [2.45, 2.75) is 38.6 Å². The first kappa shape index (κ1) is 19.0. The maximum absolute atomic E-state index is 12.1. The highest BCUT2D eigenvalue weighted by Gasteiger charge is 2.43.